The van der Waals surface area contributed by atoms with Crippen molar-refractivity contribution in [1.29, 1.82) is 0 Å². The van der Waals surface area contributed by atoms with Crippen LogP contribution in [0.4, 0.5) is 0 Å². The summed E-state index contributed by atoms with van der Waals surface area (Å²) >= 11 is 0. The van der Waals surface area contributed by atoms with Crippen LogP contribution in [0.15, 0.2) is 36.4 Å². The Hall–Kier alpha value is -2.40. The highest BCUT2D eigenvalue weighted by Crippen LogP contribution is 2.45. The van der Waals surface area contributed by atoms with Crippen molar-refractivity contribution in [2.75, 3.05) is 35.0 Å². The third kappa shape index (κ3) is 3.98. The van der Waals surface area contributed by atoms with Crippen molar-refractivity contribution in [1.82, 2.24) is 0 Å². The van der Waals surface area contributed by atoms with Gasteiger partial charge >= 0.3 is 0 Å². The summed E-state index contributed by atoms with van der Waals surface area (Å²) in [5, 5.41) is 0. The highest BCUT2D eigenvalue weighted by molar-refractivity contribution is 5.54. The van der Waals surface area contributed by atoms with Gasteiger partial charge in [0.2, 0.25) is 5.75 Å². The van der Waals surface area contributed by atoms with Gasteiger partial charge < -0.3 is 23.7 Å². The second kappa shape index (κ2) is 8.53. The van der Waals surface area contributed by atoms with Gasteiger partial charge in [0.1, 0.15) is 5.75 Å². The Balaban J connectivity index is 1.78. The van der Waals surface area contributed by atoms with E-state index in [1.54, 1.807) is 28.4 Å². The Bertz CT molecular complexity index is 731. The van der Waals surface area contributed by atoms with Crippen LogP contribution in [-0.2, 0) is 11.2 Å². The quantitative estimate of drug-likeness (QED) is 0.726. The topological polar surface area (TPSA) is 46.2 Å². The summed E-state index contributed by atoms with van der Waals surface area (Å²) in [6.45, 7) is 2.98. The Morgan fingerprint density at radius 2 is 1.52 bits per heavy atom. The van der Waals surface area contributed by atoms with Gasteiger partial charge in [0.25, 0.3) is 0 Å². The van der Waals surface area contributed by atoms with Crippen molar-refractivity contribution in [3.05, 3.63) is 47.5 Å². The van der Waals surface area contributed by atoms with Crippen LogP contribution in [0, 0.1) is 11.8 Å². The maximum absolute atomic E-state index is 6.18. The molecule has 5 heteroatoms. The van der Waals surface area contributed by atoms with Crippen LogP contribution in [0.1, 0.15) is 24.2 Å². The van der Waals surface area contributed by atoms with E-state index in [0.717, 1.165) is 24.3 Å². The molecule has 2 aromatic rings. The van der Waals surface area contributed by atoms with Gasteiger partial charge in [0, 0.05) is 0 Å². The van der Waals surface area contributed by atoms with Crippen molar-refractivity contribution in [2.24, 2.45) is 11.8 Å². The first kappa shape index (κ1) is 19.4. The zero-order valence-corrected chi connectivity index (χ0v) is 16.7. The Morgan fingerprint density at radius 3 is 2.04 bits per heavy atom. The van der Waals surface area contributed by atoms with E-state index >= 15 is 0 Å². The minimum atomic E-state index is 0.00181. The number of hydrogen-bond donors (Lipinski definition) is 0. The maximum Gasteiger partial charge on any atom is 0.203 e. The lowest BCUT2D eigenvalue weighted by molar-refractivity contribution is 0.0929. The fraction of sp³-hybridized carbons (Fsp3) is 0.455. The van der Waals surface area contributed by atoms with E-state index in [9.17, 15) is 0 Å². The minimum absolute atomic E-state index is 0.00181. The fourth-order valence-electron chi connectivity index (χ4n) is 3.75. The van der Waals surface area contributed by atoms with E-state index in [1.165, 1.54) is 5.56 Å². The SMILES string of the molecule is COc1ccc(C[C@H]2CO[C@H](c3cc(OC)c(OC)c(OC)c3)[C@H]2C)cc1. The van der Waals surface area contributed by atoms with Crippen LogP contribution in [0.3, 0.4) is 0 Å². The van der Waals surface area contributed by atoms with Crippen molar-refractivity contribution >= 4 is 0 Å². The van der Waals surface area contributed by atoms with Gasteiger partial charge in [-0.25, -0.2) is 0 Å². The molecule has 0 spiro atoms. The summed E-state index contributed by atoms with van der Waals surface area (Å²) in [5.41, 5.74) is 2.34. The van der Waals surface area contributed by atoms with E-state index in [4.69, 9.17) is 23.7 Å². The molecular formula is C22H28O5. The van der Waals surface area contributed by atoms with Crippen molar-refractivity contribution in [3.8, 4) is 23.0 Å². The molecule has 27 heavy (non-hydrogen) atoms. The molecule has 1 fully saturated rings. The fourth-order valence-corrected chi connectivity index (χ4v) is 3.75. The molecule has 1 heterocycles. The largest absolute Gasteiger partial charge is 0.497 e. The van der Waals surface area contributed by atoms with E-state index in [2.05, 4.69) is 19.1 Å². The average molecular weight is 372 g/mol. The summed E-state index contributed by atoms with van der Waals surface area (Å²) in [7, 11) is 6.56. The molecule has 0 aromatic heterocycles. The number of rotatable bonds is 7. The molecule has 1 saturated heterocycles. The molecule has 0 unspecified atom stereocenters. The third-order valence-corrected chi connectivity index (χ3v) is 5.38. The van der Waals surface area contributed by atoms with Crippen molar-refractivity contribution < 1.29 is 23.7 Å². The molecule has 3 atom stereocenters. The molecule has 0 radical (unpaired) electrons. The summed E-state index contributed by atoms with van der Waals surface area (Å²) in [6, 6.07) is 12.2. The van der Waals surface area contributed by atoms with Gasteiger partial charge in [-0.15, -0.1) is 0 Å². The van der Waals surface area contributed by atoms with Crippen LogP contribution in [0.5, 0.6) is 23.0 Å². The highest BCUT2D eigenvalue weighted by atomic mass is 16.5. The summed E-state index contributed by atoms with van der Waals surface area (Å²) in [6.07, 6.45) is 0.980. The first-order chi connectivity index (χ1) is 13.1. The molecule has 3 rings (SSSR count). The van der Waals surface area contributed by atoms with E-state index < -0.39 is 0 Å². The maximum atomic E-state index is 6.18. The van der Waals surface area contributed by atoms with Crippen LogP contribution in [-0.4, -0.2) is 35.0 Å². The van der Waals surface area contributed by atoms with Crippen molar-refractivity contribution in [3.63, 3.8) is 0 Å². The third-order valence-electron chi connectivity index (χ3n) is 5.38. The molecule has 0 N–H and O–H groups in total. The predicted octanol–water partition coefficient (Wildman–Crippen LogP) is 4.29. The second-order valence-corrected chi connectivity index (χ2v) is 6.88. The van der Waals surface area contributed by atoms with Crippen molar-refractivity contribution in [2.45, 2.75) is 19.4 Å². The van der Waals surface area contributed by atoms with Gasteiger partial charge in [-0.1, -0.05) is 19.1 Å². The number of benzene rings is 2. The van der Waals surface area contributed by atoms with E-state index in [-0.39, 0.29) is 6.10 Å². The van der Waals surface area contributed by atoms with Crippen LogP contribution < -0.4 is 18.9 Å². The molecule has 0 aliphatic carbocycles. The lowest BCUT2D eigenvalue weighted by Gasteiger charge is -2.21. The monoisotopic (exact) mass is 372 g/mol. The van der Waals surface area contributed by atoms with Crippen LogP contribution >= 0.6 is 0 Å². The summed E-state index contributed by atoms with van der Waals surface area (Å²) in [4.78, 5) is 0. The Kier molecular flexibility index (Phi) is 6.11. The first-order valence-electron chi connectivity index (χ1n) is 9.15. The Morgan fingerprint density at radius 1 is 0.889 bits per heavy atom. The Labute approximate surface area is 161 Å². The van der Waals surface area contributed by atoms with E-state index in [1.807, 2.05) is 24.3 Å². The molecule has 0 amide bonds. The molecular weight excluding hydrogens is 344 g/mol. The molecule has 0 saturated carbocycles. The minimum Gasteiger partial charge on any atom is -0.497 e. The van der Waals surface area contributed by atoms with Crippen LogP contribution in [0.2, 0.25) is 0 Å². The van der Waals surface area contributed by atoms with Gasteiger partial charge in [-0.3, -0.25) is 0 Å². The highest BCUT2D eigenvalue weighted by Gasteiger charge is 2.35. The smallest absolute Gasteiger partial charge is 0.203 e. The molecule has 146 valence electrons. The van der Waals surface area contributed by atoms with Gasteiger partial charge in [0.15, 0.2) is 11.5 Å². The normalized spacial score (nSPS) is 21.7. The molecule has 2 aromatic carbocycles. The number of hydrogen-bond acceptors (Lipinski definition) is 5. The molecule has 0 bridgehead atoms. The standard InChI is InChI=1S/C22H28O5/c1-14-17(10-15-6-8-18(23-2)9-7-15)13-27-21(14)16-11-19(24-3)22(26-5)20(12-16)25-4/h6-9,11-12,14,17,21H,10,13H2,1-5H3/t14-,17-,21-/m0/s1. The van der Waals surface area contributed by atoms with Gasteiger partial charge in [0.05, 0.1) is 41.2 Å². The van der Waals surface area contributed by atoms with E-state index in [0.29, 0.717) is 29.1 Å². The lowest BCUT2D eigenvalue weighted by Crippen LogP contribution is -2.14. The van der Waals surface area contributed by atoms with Crippen LogP contribution in [0.25, 0.3) is 0 Å². The number of methoxy groups -OCH3 is 4. The summed E-state index contributed by atoms with van der Waals surface area (Å²) < 4.78 is 27.8. The molecule has 1 aliphatic heterocycles. The van der Waals surface area contributed by atoms with Gasteiger partial charge in [-0.2, -0.15) is 0 Å². The molecule has 1 aliphatic rings. The predicted molar refractivity (Wildman–Crippen MR) is 104 cm³/mol. The average Bonchev–Trinajstić information content (AvgIpc) is 3.07. The zero-order valence-electron chi connectivity index (χ0n) is 16.7. The number of ether oxygens (including phenoxy) is 5. The lowest BCUT2D eigenvalue weighted by atomic mass is 9.85. The second-order valence-electron chi connectivity index (χ2n) is 6.88. The van der Waals surface area contributed by atoms with Gasteiger partial charge in [-0.05, 0) is 53.6 Å². The summed E-state index contributed by atoms with van der Waals surface area (Å²) in [5.74, 6) is 3.61. The molecule has 5 nitrogen and oxygen atoms in total. The zero-order chi connectivity index (χ0) is 19.4. The first-order valence-corrected chi connectivity index (χ1v) is 9.15.